The Kier molecular flexibility index (Phi) is 7.44. The van der Waals surface area contributed by atoms with Crippen LogP contribution in [0.25, 0.3) is 0 Å². The van der Waals surface area contributed by atoms with Crippen molar-refractivity contribution >= 4 is 17.5 Å². The topological polar surface area (TPSA) is 76.7 Å². The van der Waals surface area contributed by atoms with E-state index in [0.717, 1.165) is 5.75 Å². The lowest BCUT2D eigenvalue weighted by molar-refractivity contribution is -0.125. The van der Waals surface area contributed by atoms with E-state index in [9.17, 15) is 9.59 Å². The van der Waals surface area contributed by atoms with Crippen molar-refractivity contribution in [3.05, 3.63) is 48.5 Å². The second kappa shape index (κ2) is 9.78. The molecule has 0 heterocycles. The summed E-state index contributed by atoms with van der Waals surface area (Å²) in [6.45, 7) is 8.35. The van der Waals surface area contributed by atoms with Gasteiger partial charge in [-0.05, 0) is 48.7 Å². The molecule has 0 bridgehead atoms. The Bertz CT molecular complexity index is 795. The first kappa shape index (κ1) is 21.3. The van der Waals surface area contributed by atoms with Gasteiger partial charge in [0.05, 0.1) is 18.8 Å². The van der Waals surface area contributed by atoms with Crippen LogP contribution in [0.1, 0.15) is 34.1 Å². The molecule has 0 fully saturated rings. The van der Waals surface area contributed by atoms with E-state index in [1.807, 2.05) is 45.9 Å². The summed E-state index contributed by atoms with van der Waals surface area (Å²) < 4.78 is 11.3. The van der Waals surface area contributed by atoms with Gasteiger partial charge in [-0.1, -0.05) is 32.9 Å². The Balaban J connectivity index is 1.95. The molecule has 0 atom stereocenters. The molecule has 0 aliphatic heterocycles. The summed E-state index contributed by atoms with van der Waals surface area (Å²) in [7, 11) is 0. The number of carbonyl (C=O) groups is 2. The highest BCUT2D eigenvalue weighted by Gasteiger charge is 2.16. The van der Waals surface area contributed by atoms with Crippen LogP contribution in [0.3, 0.4) is 0 Å². The maximum Gasteiger partial charge on any atom is 0.243 e. The van der Waals surface area contributed by atoms with E-state index in [2.05, 4.69) is 10.6 Å². The van der Waals surface area contributed by atoms with E-state index in [1.165, 1.54) is 0 Å². The molecule has 0 aromatic heterocycles. The Morgan fingerprint density at radius 2 is 1.57 bits per heavy atom. The van der Waals surface area contributed by atoms with Gasteiger partial charge in [0.1, 0.15) is 11.5 Å². The minimum Gasteiger partial charge on any atom is -0.494 e. The number of amides is 2. The van der Waals surface area contributed by atoms with Crippen LogP contribution in [-0.2, 0) is 9.59 Å². The van der Waals surface area contributed by atoms with Gasteiger partial charge in [-0.3, -0.25) is 9.59 Å². The summed E-state index contributed by atoms with van der Waals surface area (Å²) in [5, 5.41) is 5.42. The fourth-order valence-corrected chi connectivity index (χ4v) is 2.47. The van der Waals surface area contributed by atoms with E-state index in [1.54, 1.807) is 30.3 Å². The molecular formula is C22H28N2O4. The van der Waals surface area contributed by atoms with Crippen LogP contribution in [0, 0.1) is 5.41 Å². The van der Waals surface area contributed by atoms with Crippen molar-refractivity contribution in [1.29, 1.82) is 0 Å². The Labute approximate surface area is 166 Å². The highest BCUT2D eigenvalue weighted by molar-refractivity contribution is 5.95. The summed E-state index contributed by atoms with van der Waals surface area (Å²) in [5.74, 6) is 1.44. The molecule has 0 unspecified atom stereocenters. The fourth-order valence-electron chi connectivity index (χ4n) is 2.47. The summed E-state index contributed by atoms with van der Waals surface area (Å²) in [4.78, 5) is 24.1. The Morgan fingerprint density at radius 3 is 2.21 bits per heavy atom. The predicted molar refractivity (Wildman–Crippen MR) is 110 cm³/mol. The molecule has 0 saturated heterocycles. The molecule has 2 amide bonds. The number of benzene rings is 2. The maximum atomic E-state index is 12.2. The molecule has 0 aliphatic rings. The number of hydrogen-bond acceptors (Lipinski definition) is 4. The van der Waals surface area contributed by atoms with Crippen molar-refractivity contribution in [2.45, 2.75) is 34.1 Å². The van der Waals surface area contributed by atoms with Crippen molar-refractivity contribution in [3.8, 4) is 17.2 Å². The monoisotopic (exact) mass is 384 g/mol. The van der Waals surface area contributed by atoms with Gasteiger partial charge in [-0.15, -0.1) is 0 Å². The molecule has 2 aromatic rings. The number of nitrogens with one attached hydrogen (secondary N) is 2. The third kappa shape index (κ3) is 7.31. The second-order valence-electron chi connectivity index (χ2n) is 7.56. The lowest BCUT2D eigenvalue weighted by Crippen LogP contribution is -2.34. The van der Waals surface area contributed by atoms with Crippen molar-refractivity contribution < 1.29 is 19.1 Å². The van der Waals surface area contributed by atoms with E-state index in [0.29, 0.717) is 30.2 Å². The Hall–Kier alpha value is -3.02. The normalized spacial score (nSPS) is 10.9. The maximum absolute atomic E-state index is 12.2. The lowest BCUT2D eigenvalue weighted by Gasteiger charge is -2.17. The van der Waals surface area contributed by atoms with Crippen LogP contribution < -0.4 is 20.1 Å². The molecule has 28 heavy (non-hydrogen) atoms. The van der Waals surface area contributed by atoms with E-state index < -0.39 is 0 Å². The van der Waals surface area contributed by atoms with Gasteiger partial charge in [-0.2, -0.15) is 0 Å². The third-order valence-electron chi connectivity index (χ3n) is 3.66. The molecule has 2 rings (SSSR count). The molecule has 0 radical (unpaired) electrons. The van der Waals surface area contributed by atoms with Crippen molar-refractivity contribution in [3.63, 3.8) is 0 Å². The third-order valence-corrected chi connectivity index (χ3v) is 3.66. The SMILES string of the molecule is CCOc1ccc(Oc2ccccc2NC(=O)CNC(=O)CC(C)(C)C)cc1. The standard InChI is InChI=1S/C22H28N2O4/c1-5-27-16-10-12-17(13-11-16)28-19-9-7-6-8-18(19)24-21(26)15-23-20(25)14-22(2,3)4/h6-13H,5,14-15H2,1-4H3,(H,23,25)(H,24,26). The molecular weight excluding hydrogens is 356 g/mol. The summed E-state index contributed by atoms with van der Waals surface area (Å²) in [6, 6.07) is 14.4. The van der Waals surface area contributed by atoms with E-state index in [4.69, 9.17) is 9.47 Å². The smallest absolute Gasteiger partial charge is 0.243 e. The van der Waals surface area contributed by atoms with E-state index >= 15 is 0 Å². The zero-order valence-corrected chi connectivity index (χ0v) is 16.9. The fraction of sp³-hybridized carbons (Fsp3) is 0.364. The van der Waals surface area contributed by atoms with Crippen LogP contribution in [0.15, 0.2) is 48.5 Å². The average Bonchev–Trinajstić information content (AvgIpc) is 2.62. The number of rotatable bonds is 8. The summed E-state index contributed by atoms with van der Waals surface area (Å²) in [5.41, 5.74) is 0.407. The average molecular weight is 384 g/mol. The van der Waals surface area contributed by atoms with Crippen molar-refractivity contribution in [2.24, 2.45) is 5.41 Å². The van der Waals surface area contributed by atoms with Gasteiger partial charge in [0.25, 0.3) is 0 Å². The number of hydrogen-bond donors (Lipinski definition) is 2. The summed E-state index contributed by atoms with van der Waals surface area (Å²) >= 11 is 0. The molecule has 0 saturated carbocycles. The quantitative estimate of drug-likeness (QED) is 0.709. The van der Waals surface area contributed by atoms with E-state index in [-0.39, 0.29) is 23.8 Å². The molecule has 6 nitrogen and oxygen atoms in total. The number of anilines is 1. The second-order valence-corrected chi connectivity index (χ2v) is 7.56. The highest BCUT2D eigenvalue weighted by atomic mass is 16.5. The molecule has 0 spiro atoms. The van der Waals surface area contributed by atoms with Gasteiger partial charge in [0.15, 0.2) is 5.75 Å². The first-order valence-electron chi connectivity index (χ1n) is 9.33. The van der Waals surface area contributed by atoms with Crippen molar-refractivity contribution in [1.82, 2.24) is 5.32 Å². The Morgan fingerprint density at radius 1 is 0.929 bits per heavy atom. The number of para-hydroxylation sites is 2. The van der Waals surface area contributed by atoms with Crippen LogP contribution in [0.4, 0.5) is 5.69 Å². The van der Waals surface area contributed by atoms with Gasteiger partial charge >= 0.3 is 0 Å². The zero-order chi connectivity index (χ0) is 20.6. The molecule has 150 valence electrons. The number of ether oxygens (including phenoxy) is 2. The molecule has 2 aromatic carbocycles. The number of carbonyl (C=O) groups excluding carboxylic acids is 2. The highest BCUT2D eigenvalue weighted by Crippen LogP contribution is 2.30. The van der Waals surface area contributed by atoms with Gasteiger partial charge in [0.2, 0.25) is 11.8 Å². The van der Waals surface area contributed by atoms with Crippen LogP contribution in [0.5, 0.6) is 17.2 Å². The van der Waals surface area contributed by atoms with Crippen molar-refractivity contribution in [2.75, 3.05) is 18.5 Å². The molecule has 0 aliphatic carbocycles. The first-order chi connectivity index (χ1) is 13.3. The van der Waals surface area contributed by atoms with Crippen LogP contribution >= 0.6 is 0 Å². The largest absolute Gasteiger partial charge is 0.494 e. The first-order valence-corrected chi connectivity index (χ1v) is 9.33. The summed E-state index contributed by atoms with van der Waals surface area (Å²) in [6.07, 6.45) is 0.359. The van der Waals surface area contributed by atoms with Crippen LogP contribution in [0.2, 0.25) is 0 Å². The minimum atomic E-state index is -0.315. The van der Waals surface area contributed by atoms with Gasteiger partial charge < -0.3 is 20.1 Å². The van der Waals surface area contributed by atoms with Gasteiger partial charge in [0, 0.05) is 6.42 Å². The molecule has 6 heteroatoms. The lowest BCUT2D eigenvalue weighted by atomic mass is 9.92. The minimum absolute atomic E-state index is 0.0910. The van der Waals surface area contributed by atoms with Gasteiger partial charge in [-0.25, -0.2) is 0 Å². The predicted octanol–water partition coefficient (Wildman–Crippen LogP) is 4.37. The zero-order valence-electron chi connectivity index (χ0n) is 16.9. The molecule has 2 N–H and O–H groups in total. The van der Waals surface area contributed by atoms with Crippen LogP contribution in [-0.4, -0.2) is 25.0 Å².